The molecular formula is C21H22FN5O3S2. The lowest BCUT2D eigenvalue weighted by Crippen LogP contribution is -2.42. The van der Waals surface area contributed by atoms with E-state index in [1.807, 2.05) is 6.92 Å². The minimum absolute atomic E-state index is 0.00614. The van der Waals surface area contributed by atoms with Crippen molar-refractivity contribution in [1.29, 1.82) is 0 Å². The van der Waals surface area contributed by atoms with Crippen LogP contribution in [0.1, 0.15) is 13.3 Å². The summed E-state index contributed by atoms with van der Waals surface area (Å²) >= 11 is 1.14. The van der Waals surface area contributed by atoms with Gasteiger partial charge in [0.2, 0.25) is 5.91 Å². The van der Waals surface area contributed by atoms with Gasteiger partial charge in [-0.05, 0) is 37.6 Å². The summed E-state index contributed by atoms with van der Waals surface area (Å²) in [5.74, 6) is -0.0994. The average Bonchev–Trinajstić information content (AvgIpc) is 3.36. The quantitative estimate of drug-likeness (QED) is 0.485. The molecule has 1 aromatic carbocycles. The Balaban J connectivity index is 1.61. The fourth-order valence-electron chi connectivity index (χ4n) is 3.76. The van der Waals surface area contributed by atoms with Crippen molar-refractivity contribution in [3.8, 4) is 17.1 Å². The van der Waals surface area contributed by atoms with Gasteiger partial charge in [-0.1, -0.05) is 23.9 Å². The zero-order valence-corrected chi connectivity index (χ0v) is 19.0. The van der Waals surface area contributed by atoms with E-state index in [-0.39, 0.29) is 34.9 Å². The van der Waals surface area contributed by atoms with E-state index in [1.165, 1.54) is 6.07 Å². The lowest BCUT2D eigenvalue weighted by atomic mass is 10.2. The smallest absolute Gasteiger partial charge is 0.233 e. The highest BCUT2D eigenvalue weighted by Crippen LogP contribution is 2.29. The van der Waals surface area contributed by atoms with Crippen LogP contribution in [0, 0.1) is 5.82 Å². The van der Waals surface area contributed by atoms with E-state index in [9.17, 15) is 17.6 Å². The SMILES string of the molecule is CCN(C(=O)CSc1nnc(-c2cccnc2)n1-c1ccccc1F)C1CCS(=O)(=O)C1. The highest BCUT2D eigenvalue weighted by molar-refractivity contribution is 7.99. The van der Waals surface area contributed by atoms with Crippen LogP contribution in [0.3, 0.4) is 0 Å². The molecule has 1 saturated heterocycles. The molecule has 2 aromatic heterocycles. The van der Waals surface area contributed by atoms with Crippen molar-refractivity contribution in [1.82, 2.24) is 24.6 Å². The lowest BCUT2D eigenvalue weighted by molar-refractivity contribution is -0.129. The summed E-state index contributed by atoms with van der Waals surface area (Å²) in [7, 11) is -3.10. The van der Waals surface area contributed by atoms with Crippen LogP contribution in [0.25, 0.3) is 17.1 Å². The van der Waals surface area contributed by atoms with Gasteiger partial charge in [0.25, 0.3) is 0 Å². The Morgan fingerprint density at radius 2 is 2.06 bits per heavy atom. The zero-order chi connectivity index (χ0) is 22.7. The van der Waals surface area contributed by atoms with Gasteiger partial charge in [0.15, 0.2) is 20.8 Å². The standard InChI is InChI=1S/C21H22FN5O3S2/c1-2-26(16-9-11-32(29,30)14-16)19(28)13-31-21-25-24-20(15-6-5-10-23-12-15)27(21)18-8-4-3-7-17(18)22/h3-8,10,12,16H,2,9,11,13-14H2,1H3. The van der Waals surface area contributed by atoms with Crippen molar-refractivity contribution >= 4 is 27.5 Å². The fourth-order valence-corrected chi connectivity index (χ4v) is 6.33. The van der Waals surface area contributed by atoms with Crippen molar-refractivity contribution in [2.45, 2.75) is 24.5 Å². The number of hydrogen-bond donors (Lipinski definition) is 0. The van der Waals surface area contributed by atoms with Gasteiger partial charge in [-0.15, -0.1) is 10.2 Å². The number of sulfone groups is 1. The number of amides is 1. The molecule has 1 amide bonds. The van der Waals surface area contributed by atoms with Gasteiger partial charge in [0.1, 0.15) is 5.82 Å². The maximum Gasteiger partial charge on any atom is 0.233 e. The second-order valence-corrected chi connectivity index (χ2v) is 10.5. The molecule has 168 valence electrons. The summed E-state index contributed by atoms with van der Waals surface area (Å²) in [6, 6.07) is 9.51. The summed E-state index contributed by atoms with van der Waals surface area (Å²) in [4.78, 5) is 18.6. The van der Waals surface area contributed by atoms with E-state index in [0.29, 0.717) is 29.5 Å². The molecule has 4 rings (SSSR count). The molecule has 0 spiro atoms. The van der Waals surface area contributed by atoms with Crippen LogP contribution in [0.5, 0.6) is 0 Å². The van der Waals surface area contributed by atoms with Crippen molar-refractivity contribution in [2.75, 3.05) is 23.8 Å². The van der Waals surface area contributed by atoms with Crippen LogP contribution in [0.4, 0.5) is 4.39 Å². The molecule has 1 aliphatic heterocycles. The summed E-state index contributed by atoms with van der Waals surface area (Å²) < 4.78 is 39.9. The summed E-state index contributed by atoms with van der Waals surface area (Å²) in [5.41, 5.74) is 0.924. The lowest BCUT2D eigenvalue weighted by Gasteiger charge is -2.26. The largest absolute Gasteiger partial charge is 0.338 e. The predicted octanol–water partition coefficient (Wildman–Crippen LogP) is 2.60. The Morgan fingerprint density at radius 1 is 1.25 bits per heavy atom. The Morgan fingerprint density at radius 3 is 2.72 bits per heavy atom. The number of para-hydroxylation sites is 1. The molecule has 1 unspecified atom stereocenters. The van der Waals surface area contributed by atoms with Crippen LogP contribution < -0.4 is 0 Å². The Labute approximate surface area is 189 Å². The number of aromatic nitrogens is 4. The predicted molar refractivity (Wildman–Crippen MR) is 120 cm³/mol. The number of pyridine rings is 1. The number of carbonyl (C=O) groups excluding carboxylic acids is 1. The highest BCUT2D eigenvalue weighted by Gasteiger charge is 2.34. The molecule has 0 N–H and O–H groups in total. The van der Waals surface area contributed by atoms with Crippen LogP contribution in [-0.4, -0.2) is 68.8 Å². The molecule has 0 radical (unpaired) electrons. The molecular weight excluding hydrogens is 453 g/mol. The molecule has 0 aliphatic carbocycles. The number of nitrogens with zero attached hydrogens (tertiary/aromatic N) is 5. The van der Waals surface area contributed by atoms with Crippen LogP contribution in [0.15, 0.2) is 53.9 Å². The van der Waals surface area contributed by atoms with E-state index >= 15 is 0 Å². The number of benzene rings is 1. The average molecular weight is 476 g/mol. The maximum absolute atomic E-state index is 14.7. The minimum atomic E-state index is -3.10. The summed E-state index contributed by atoms with van der Waals surface area (Å²) in [5, 5.41) is 8.79. The molecule has 32 heavy (non-hydrogen) atoms. The first-order chi connectivity index (χ1) is 15.4. The molecule has 3 heterocycles. The Bertz CT molecular complexity index is 1220. The minimum Gasteiger partial charge on any atom is -0.338 e. The van der Waals surface area contributed by atoms with Gasteiger partial charge in [-0.3, -0.25) is 14.3 Å². The monoisotopic (exact) mass is 475 g/mol. The number of thioether (sulfide) groups is 1. The fraction of sp³-hybridized carbons (Fsp3) is 0.333. The second kappa shape index (κ2) is 9.37. The second-order valence-electron chi connectivity index (χ2n) is 7.36. The molecule has 3 aromatic rings. The first-order valence-corrected chi connectivity index (χ1v) is 12.9. The van der Waals surface area contributed by atoms with Gasteiger partial charge in [-0.2, -0.15) is 0 Å². The topological polar surface area (TPSA) is 98.1 Å². The molecule has 1 aliphatic rings. The molecule has 8 nitrogen and oxygen atoms in total. The Hall–Kier alpha value is -2.79. The summed E-state index contributed by atoms with van der Waals surface area (Å²) in [6.07, 6.45) is 3.69. The highest BCUT2D eigenvalue weighted by atomic mass is 32.2. The molecule has 1 atom stereocenters. The third-order valence-electron chi connectivity index (χ3n) is 5.28. The molecule has 1 fully saturated rings. The first kappa shape index (κ1) is 22.4. The number of hydrogen-bond acceptors (Lipinski definition) is 7. The first-order valence-electron chi connectivity index (χ1n) is 10.1. The third-order valence-corrected chi connectivity index (χ3v) is 7.95. The van der Waals surface area contributed by atoms with E-state index in [1.54, 1.807) is 52.2 Å². The normalized spacial score (nSPS) is 17.4. The van der Waals surface area contributed by atoms with Crippen molar-refractivity contribution in [2.24, 2.45) is 0 Å². The molecule has 11 heteroatoms. The summed E-state index contributed by atoms with van der Waals surface area (Å²) in [6.45, 7) is 2.25. The Kier molecular flexibility index (Phi) is 6.56. The van der Waals surface area contributed by atoms with Crippen LogP contribution in [0.2, 0.25) is 0 Å². The van der Waals surface area contributed by atoms with Gasteiger partial charge in [0, 0.05) is 30.5 Å². The number of halogens is 1. The van der Waals surface area contributed by atoms with E-state index in [4.69, 9.17) is 0 Å². The van der Waals surface area contributed by atoms with Crippen molar-refractivity contribution < 1.29 is 17.6 Å². The number of carbonyl (C=O) groups is 1. The third kappa shape index (κ3) is 4.68. The van der Waals surface area contributed by atoms with E-state index < -0.39 is 15.7 Å². The molecule has 0 bridgehead atoms. The van der Waals surface area contributed by atoms with E-state index in [2.05, 4.69) is 15.2 Å². The van der Waals surface area contributed by atoms with Crippen LogP contribution >= 0.6 is 11.8 Å². The molecule has 0 saturated carbocycles. The maximum atomic E-state index is 14.7. The zero-order valence-electron chi connectivity index (χ0n) is 17.4. The number of rotatable bonds is 7. The van der Waals surface area contributed by atoms with Crippen LogP contribution in [-0.2, 0) is 14.6 Å². The van der Waals surface area contributed by atoms with Gasteiger partial charge < -0.3 is 4.90 Å². The van der Waals surface area contributed by atoms with Crippen molar-refractivity contribution in [3.63, 3.8) is 0 Å². The van der Waals surface area contributed by atoms with Gasteiger partial charge in [-0.25, -0.2) is 12.8 Å². The van der Waals surface area contributed by atoms with E-state index in [0.717, 1.165) is 11.8 Å². The van der Waals surface area contributed by atoms with Gasteiger partial charge in [0.05, 0.1) is 22.9 Å². The van der Waals surface area contributed by atoms with Crippen molar-refractivity contribution in [3.05, 3.63) is 54.6 Å². The van der Waals surface area contributed by atoms with Gasteiger partial charge >= 0.3 is 0 Å².